The fraction of sp³-hybridized carbons (Fsp3) is 0.0435. The Morgan fingerprint density at radius 2 is 1.74 bits per heavy atom. The number of nitrogens with zero attached hydrogens (tertiary/aromatic N) is 6. The Bertz CT molecular complexity index is 1550. The molecule has 148 valence electrons. The molecule has 0 atom stereocenters. The van der Waals surface area contributed by atoms with Crippen LogP contribution in [-0.4, -0.2) is 40.1 Å². The molecule has 6 aromatic rings. The molecule has 6 heterocycles. The number of hydrogen-bond donors (Lipinski definition) is 2. The van der Waals surface area contributed by atoms with Gasteiger partial charge in [0.15, 0.2) is 5.82 Å². The molecule has 0 aliphatic heterocycles. The van der Waals surface area contributed by atoms with Crippen LogP contribution in [0.3, 0.4) is 0 Å². The summed E-state index contributed by atoms with van der Waals surface area (Å²) in [6.45, 7) is 2.05. The van der Waals surface area contributed by atoms with Gasteiger partial charge in [-0.05, 0) is 30.7 Å². The summed E-state index contributed by atoms with van der Waals surface area (Å²) in [5, 5.41) is 8.50. The maximum Gasteiger partial charge on any atom is 0.159 e. The van der Waals surface area contributed by atoms with Gasteiger partial charge in [-0.2, -0.15) is 5.10 Å². The molecular weight excluding hydrogens is 388 g/mol. The molecule has 0 spiro atoms. The summed E-state index contributed by atoms with van der Waals surface area (Å²) in [6, 6.07) is 7.89. The van der Waals surface area contributed by atoms with E-state index in [0.717, 1.165) is 55.6 Å². The van der Waals surface area contributed by atoms with E-state index in [4.69, 9.17) is 4.98 Å². The van der Waals surface area contributed by atoms with E-state index < -0.39 is 0 Å². The molecule has 6 aromatic heterocycles. The summed E-state index contributed by atoms with van der Waals surface area (Å²) in [6.07, 6.45) is 12.5. The maximum atomic E-state index is 4.86. The SMILES string of the molecule is Cc1ccncc1-c1cc2c(-c3nc4c(-c5cccnc5)cncc4[nH]3)n[nH]c2cn1. The van der Waals surface area contributed by atoms with E-state index in [2.05, 4.69) is 35.1 Å². The number of aryl methyl sites for hydroxylation is 1. The van der Waals surface area contributed by atoms with Gasteiger partial charge in [0, 0.05) is 53.1 Å². The lowest BCUT2D eigenvalue weighted by atomic mass is 10.1. The van der Waals surface area contributed by atoms with Gasteiger partial charge in [0.25, 0.3) is 0 Å². The van der Waals surface area contributed by atoms with E-state index in [1.807, 2.05) is 43.6 Å². The molecule has 2 N–H and O–H groups in total. The molecule has 0 aliphatic carbocycles. The molecular formula is C23H16N8. The standard InChI is InChI=1S/C23H16N8/c1-13-4-6-25-9-16(13)18-7-15-19(12-27-18)30-31-22(15)23-28-20-11-26-10-17(21(20)29-23)14-3-2-5-24-8-14/h2-12H,1H3,(H,28,29)(H,30,31). The second-order valence-electron chi connectivity index (χ2n) is 7.29. The number of imidazole rings is 1. The third-order valence-electron chi connectivity index (χ3n) is 5.35. The highest BCUT2D eigenvalue weighted by atomic mass is 15.1. The molecule has 6 rings (SSSR count). The smallest absolute Gasteiger partial charge is 0.159 e. The monoisotopic (exact) mass is 404 g/mol. The highest BCUT2D eigenvalue weighted by Gasteiger charge is 2.17. The van der Waals surface area contributed by atoms with Crippen LogP contribution < -0.4 is 0 Å². The Labute approximate surface area is 176 Å². The maximum absolute atomic E-state index is 4.86. The molecule has 0 bridgehead atoms. The zero-order chi connectivity index (χ0) is 20.8. The third-order valence-corrected chi connectivity index (χ3v) is 5.35. The predicted octanol–water partition coefficient (Wildman–Crippen LogP) is 4.33. The van der Waals surface area contributed by atoms with Crippen LogP contribution in [0, 0.1) is 6.92 Å². The Hall–Kier alpha value is -4.46. The van der Waals surface area contributed by atoms with Gasteiger partial charge in [0.1, 0.15) is 11.2 Å². The topological polar surface area (TPSA) is 109 Å². The number of rotatable bonds is 3. The van der Waals surface area contributed by atoms with Gasteiger partial charge in [-0.3, -0.25) is 25.0 Å². The van der Waals surface area contributed by atoms with E-state index in [1.54, 1.807) is 31.0 Å². The third kappa shape index (κ3) is 2.84. The van der Waals surface area contributed by atoms with Crippen molar-refractivity contribution in [2.24, 2.45) is 0 Å². The second-order valence-corrected chi connectivity index (χ2v) is 7.29. The van der Waals surface area contributed by atoms with Crippen LogP contribution >= 0.6 is 0 Å². The molecule has 0 aliphatic rings. The van der Waals surface area contributed by atoms with Crippen LogP contribution in [0.5, 0.6) is 0 Å². The van der Waals surface area contributed by atoms with Gasteiger partial charge in [-0.25, -0.2) is 4.98 Å². The van der Waals surface area contributed by atoms with Gasteiger partial charge in [-0.15, -0.1) is 0 Å². The summed E-state index contributed by atoms with van der Waals surface area (Å²) >= 11 is 0. The quantitative estimate of drug-likeness (QED) is 0.454. The van der Waals surface area contributed by atoms with Crippen molar-refractivity contribution in [3.63, 3.8) is 0 Å². The first-order valence-corrected chi connectivity index (χ1v) is 9.77. The lowest BCUT2D eigenvalue weighted by Crippen LogP contribution is -1.89. The Morgan fingerprint density at radius 3 is 2.61 bits per heavy atom. The predicted molar refractivity (Wildman–Crippen MR) is 118 cm³/mol. The first-order valence-electron chi connectivity index (χ1n) is 9.77. The number of hydrogen-bond acceptors (Lipinski definition) is 6. The zero-order valence-corrected chi connectivity index (χ0v) is 16.5. The number of aromatic amines is 2. The number of fused-ring (bicyclic) bond motifs is 2. The summed E-state index contributed by atoms with van der Waals surface area (Å²) in [4.78, 5) is 25.6. The van der Waals surface area contributed by atoms with Gasteiger partial charge in [-0.1, -0.05) is 6.07 Å². The molecule has 8 heteroatoms. The van der Waals surface area contributed by atoms with Crippen molar-refractivity contribution in [2.75, 3.05) is 0 Å². The van der Waals surface area contributed by atoms with Crippen molar-refractivity contribution in [2.45, 2.75) is 6.92 Å². The summed E-state index contributed by atoms with van der Waals surface area (Å²) in [5.41, 5.74) is 8.06. The minimum absolute atomic E-state index is 0.666. The minimum Gasteiger partial charge on any atom is -0.335 e. The van der Waals surface area contributed by atoms with E-state index >= 15 is 0 Å². The van der Waals surface area contributed by atoms with Crippen molar-refractivity contribution in [1.82, 2.24) is 40.1 Å². The number of H-pyrrole nitrogens is 2. The van der Waals surface area contributed by atoms with Gasteiger partial charge in [0.2, 0.25) is 0 Å². The minimum atomic E-state index is 0.666. The first kappa shape index (κ1) is 17.4. The van der Waals surface area contributed by atoms with Crippen LogP contribution in [-0.2, 0) is 0 Å². The lowest BCUT2D eigenvalue weighted by Gasteiger charge is -2.04. The molecule has 0 unspecified atom stereocenters. The van der Waals surface area contributed by atoms with Crippen molar-refractivity contribution in [3.05, 3.63) is 73.2 Å². The molecule has 0 aromatic carbocycles. The molecule has 0 amide bonds. The van der Waals surface area contributed by atoms with Gasteiger partial charge >= 0.3 is 0 Å². The molecule has 8 nitrogen and oxygen atoms in total. The summed E-state index contributed by atoms with van der Waals surface area (Å²) in [5.74, 6) is 0.666. The molecule has 0 saturated heterocycles. The number of aromatic nitrogens is 8. The summed E-state index contributed by atoms with van der Waals surface area (Å²) < 4.78 is 0. The fourth-order valence-electron chi connectivity index (χ4n) is 3.76. The van der Waals surface area contributed by atoms with Crippen LogP contribution in [0.25, 0.3) is 55.8 Å². The van der Waals surface area contributed by atoms with Crippen molar-refractivity contribution < 1.29 is 0 Å². The van der Waals surface area contributed by atoms with Gasteiger partial charge in [0.05, 0.1) is 29.1 Å². The highest BCUT2D eigenvalue weighted by Crippen LogP contribution is 2.32. The van der Waals surface area contributed by atoms with E-state index in [-0.39, 0.29) is 0 Å². The number of nitrogens with one attached hydrogen (secondary N) is 2. The van der Waals surface area contributed by atoms with Crippen molar-refractivity contribution in [1.29, 1.82) is 0 Å². The normalized spacial score (nSPS) is 11.4. The largest absolute Gasteiger partial charge is 0.335 e. The highest BCUT2D eigenvalue weighted by molar-refractivity contribution is 5.97. The van der Waals surface area contributed by atoms with E-state index in [1.165, 1.54) is 0 Å². The second kappa shape index (κ2) is 6.81. The Morgan fingerprint density at radius 1 is 0.839 bits per heavy atom. The Balaban J connectivity index is 1.52. The van der Waals surface area contributed by atoms with Gasteiger partial charge < -0.3 is 4.98 Å². The van der Waals surface area contributed by atoms with Crippen molar-refractivity contribution >= 4 is 21.9 Å². The van der Waals surface area contributed by atoms with Crippen LogP contribution in [0.4, 0.5) is 0 Å². The summed E-state index contributed by atoms with van der Waals surface area (Å²) in [7, 11) is 0. The average Bonchev–Trinajstić information content (AvgIpc) is 3.43. The van der Waals surface area contributed by atoms with Crippen molar-refractivity contribution in [3.8, 4) is 33.9 Å². The van der Waals surface area contributed by atoms with E-state index in [9.17, 15) is 0 Å². The lowest BCUT2D eigenvalue weighted by molar-refractivity contribution is 1.10. The van der Waals surface area contributed by atoms with Crippen LogP contribution in [0.15, 0.2) is 67.6 Å². The molecule has 0 saturated carbocycles. The first-order chi connectivity index (χ1) is 15.3. The molecule has 0 radical (unpaired) electrons. The van der Waals surface area contributed by atoms with Crippen LogP contribution in [0.1, 0.15) is 5.56 Å². The number of pyridine rings is 4. The van der Waals surface area contributed by atoms with E-state index in [0.29, 0.717) is 5.82 Å². The average molecular weight is 404 g/mol. The van der Waals surface area contributed by atoms with Crippen LogP contribution in [0.2, 0.25) is 0 Å². The zero-order valence-electron chi connectivity index (χ0n) is 16.5. The Kier molecular flexibility index (Phi) is 3.82. The molecule has 0 fully saturated rings. The molecule has 31 heavy (non-hydrogen) atoms. The fourth-order valence-corrected chi connectivity index (χ4v) is 3.76.